The van der Waals surface area contributed by atoms with E-state index in [1.165, 1.54) is 0 Å². The Kier molecular flexibility index (Phi) is 4.99. The predicted molar refractivity (Wildman–Crippen MR) is 103 cm³/mol. The summed E-state index contributed by atoms with van der Waals surface area (Å²) in [6.07, 6.45) is 1.22. The Hall–Kier alpha value is -1.53. The molecule has 1 saturated carbocycles. The average molecular weight is 392 g/mol. The zero-order chi connectivity index (χ0) is 20.0. The molecule has 1 aromatic carbocycles. The van der Waals surface area contributed by atoms with Gasteiger partial charge in [0.1, 0.15) is 0 Å². The molecule has 3 atom stereocenters. The van der Waals surface area contributed by atoms with Crippen LogP contribution in [-0.4, -0.2) is 48.0 Å². The van der Waals surface area contributed by atoms with Crippen LogP contribution in [0.2, 0.25) is 0 Å². The molecule has 154 valence electrons. The van der Waals surface area contributed by atoms with Gasteiger partial charge in [0.05, 0.1) is 0 Å². The molecule has 2 N–H and O–H groups in total. The first-order chi connectivity index (χ1) is 13.3. The second-order valence-electron chi connectivity index (χ2n) is 9.11. The number of nitrogens with zero attached hydrogens (tertiary/aromatic N) is 1. The molecule has 2 saturated heterocycles. The van der Waals surface area contributed by atoms with Gasteiger partial charge in [0.15, 0.2) is 5.60 Å². The first-order valence-electron chi connectivity index (χ1n) is 10.4. The van der Waals surface area contributed by atoms with Crippen molar-refractivity contribution in [3.05, 3.63) is 35.9 Å². The summed E-state index contributed by atoms with van der Waals surface area (Å²) in [4.78, 5) is 15.2. The molecular formula is C22H30F2N2O2. The first-order valence-corrected chi connectivity index (χ1v) is 10.4. The van der Waals surface area contributed by atoms with E-state index < -0.39 is 29.8 Å². The number of carbonyl (C=O) groups is 1. The van der Waals surface area contributed by atoms with Crippen LogP contribution in [0.5, 0.6) is 0 Å². The number of hydrogen-bond acceptors (Lipinski definition) is 3. The molecule has 1 aliphatic carbocycles. The highest BCUT2D eigenvalue weighted by atomic mass is 19.3. The van der Waals surface area contributed by atoms with Crippen LogP contribution in [0.3, 0.4) is 0 Å². The maximum absolute atomic E-state index is 13.9. The number of aliphatic hydroxyl groups is 1. The van der Waals surface area contributed by atoms with Crippen molar-refractivity contribution in [3.63, 3.8) is 0 Å². The molecular weight excluding hydrogens is 362 g/mol. The van der Waals surface area contributed by atoms with Crippen molar-refractivity contribution in [1.82, 2.24) is 10.2 Å². The Morgan fingerprint density at radius 2 is 1.89 bits per heavy atom. The van der Waals surface area contributed by atoms with Crippen molar-refractivity contribution in [2.24, 2.45) is 17.3 Å². The molecule has 2 heterocycles. The van der Waals surface area contributed by atoms with Crippen LogP contribution in [0, 0.1) is 17.3 Å². The standard InChI is InChI=1S/C22H30F2N2O2/c1-16-14-25-15-20(16)9-11-26(12-10-20)19(27)22(28,17-5-3-2-4-6-17)18-7-8-21(23,24)13-18/h2-6,16,18,25,28H,7-15H2,1H3. The van der Waals surface area contributed by atoms with E-state index in [9.17, 15) is 18.7 Å². The lowest BCUT2D eigenvalue weighted by Crippen LogP contribution is -2.55. The first kappa shape index (κ1) is 19.8. The number of amides is 1. The molecule has 1 amide bonds. The molecule has 3 unspecified atom stereocenters. The van der Waals surface area contributed by atoms with E-state index in [2.05, 4.69) is 12.2 Å². The van der Waals surface area contributed by atoms with E-state index in [0.29, 0.717) is 24.6 Å². The predicted octanol–water partition coefficient (Wildman–Crippen LogP) is 3.16. The Morgan fingerprint density at radius 1 is 1.21 bits per heavy atom. The van der Waals surface area contributed by atoms with Gasteiger partial charge in [-0.1, -0.05) is 37.3 Å². The summed E-state index contributed by atoms with van der Waals surface area (Å²) in [5.74, 6) is -3.42. The number of rotatable bonds is 3. The lowest BCUT2D eigenvalue weighted by Gasteiger charge is -2.45. The topological polar surface area (TPSA) is 52.6 Å². The lowest BCUT2D eigenvalue weighted by molar-refractivity contribution is -0.163. The van der Waals surface area contributed by atoms with Crippen molar-refractivity contribution >= 4 is 5.91 Å². The molecule has 1 aromatic rings. The highest BCUT2D eigenvalue weighted by molar-refractivity contribution is 5.87. The molecule has 3 fully saturated rings. The van der Waals surface area contributed by atoms with Gasteiger partial charge in [0.25, 0.3) is 5.91 Å². The van der Waals surface area contributed by atoms with E-state index in [-0.39, 0.29) is 18.3 Å². The van der Waals surface area contributed by atoms with Gasteiger partial charge in [-0.3, -0.25) is 4.79 Å². The fourth-order valence-electron chi connectivity index (χ4n) is 5.53. The number of benzene rings is 1. The summed E-state index contributed by atoms with van der Waals surface area (Å²) in [6.45, 7) is 5.36. The SMILES string of the molecule is CC1CNCC12CCN(C(=O)C(O)(c1ccccc1)C1CCC(F)(F)C1)CC2. The third-order valence-electron chi connectivity index (χ3n) is 7.55. The van der Waals surface area contributed by atoms with Gasteiger partial charge >= 0.3 is 0 Å². The third kappa shape index (κ3) is 3.24. The van der Waals surface area contributed by atoms with Crippen molar-refractivity contribution in [3.8, 4) is 0 Å². The van der Waals surface area contributed by atoms with Crippen LogP contribution in [0.15, 0.2) is 30.3 Å². The molecule has 2 aliphatic heterocycles. The molecule has 0 bridgehead atoms. The summed E-state index contributed by atoms with van der Waals surface area (Å²) in [5, 5.41) is 15.1. The quantitative estimate of drug-likeness (QED) is 0.831. The normalized spacial score (nSPS) is 31.1. The van der Waals surface area contributed by atoms with Crippen molar-refractivity contribution < 1.29 is 18.7 Å². The summed E-state index contributed by atoms with van der Waals surface area (Å²) in [6, 6.07) is 8.66. The number of alkyl halides is 2. The third-order valence-corrected chi connectivity index (χ3v) is 7.55. The zero-order valence-corrected chi connectivity index (χ0v) is 16.5. The van der Waals surface area contributed by atoms with E-state index in [1.807, 2.05) is 0 Å². The Balaban J connectivity index is 1.58. The number of nitrogens with one attached hydrogen (secondary N) is 1. The van der Waals surface area contributed by atoms with Gasteiger partial charge in [-0.2, -0.15) is 0 Å². The lowest BCUT2D eigenvalue weighted by atomic mass is 9.71. The van der Waals surface area contributed by atoms with E-state index >= 15 is 0 Å². The monoisotopic (exact) mass is 392 g/mol. The Bertz CT molecular complexity index is 719. The Morgan fingerprint density at radius 3 is 2.43 bits per heavy atom. The number of carbonyl (C=O) groups excluding carboxylic acids is 1. The Labute approximate surface area is 165 Å². The molecule has 3 aliphatic rings. The second-order valence-corrected chi connectivity index (χ2v) is 9.11. The number of likely N-dealkylation sites (tertiary alicyclic amines) is 1. The number of hydrogen-bond donors (Lipinski definition) is 2. The maximum atomic E-state index is 13.9. The molecule has 4 nitrogen and oxygen atoms in total. The van der Waals surface area contributed by atoms with Gasteiger partial charge in [0, 0.05) is 38.4 Å². The fourth-order valence-corrected chi connectivity index (χ4v) is 5.53. The second kappa shape index (κ2) is 7.06. The summed E-state index contributed by atoms with van der Waals surface area (Å²) < 4.78 is 27.9. The fraction of sp³-hybridized carbons (Fsp3) is 0.682. The van der Waals surface area contributed by atoms with Crippen LogP contribution in [0.25, 0.3) is 0 Å². The van der Waals surface area contributed by atoms with Crippen molar-refractivity contribution in [2.75, 3.05) is 26.2 Å². The number of halogens is 2. The molecule has 6 heteroatoms. The van der Waals surface area contributed by atoms with Crippen molar-refractivity contribution in [1.29, 1.82) is 0 Å². The van der Waals surface area contributed by atoms with Crippen LogP contribution in [0.4, 0.5) is 8.78 Å². The van der Waals surface area contributed by atoms with Crippen LogP contribution < -0.4 is 5.32 Å². The molecule has 1 spiro atoms. The highest BCUT2D eigenvalue weighted by Gasteiger charge is 2.55. The maximum Gasteiger partial charge on any atom is 0.259 e. The van der Waals surface area contributed by atoms with Gasteiger partial charge in [-0.25, -0.2) is 8.78 Å². The average Bonchev–Trinajstić information content (AvgIpc) is 3.24. The summed E-state index contributed by atoms with van der Waals surface area (Å²) in [7, 11) is 0. The minimum atomic E-state index is -2.81. The minimum Gasteiger partial charge on any atom is -0.375 e. The van der Waals surface area contributed by atoms with Gasteiger partial charge in [-0.05, 0) is 42.7 Å². The smallest absolute Gasteiger partial charge is 0.259 e. The summed E-state index contributed by atoms with van der Waals surface area (Å²) in [5.41, 5.74) is -1.24. The van der Waals surface area contributed by atoms with Crippen LogP contribution >= 0.6 is 0 Å². The van der Waals surface area contributed by atoms with E-state index in [0.717, 1.165) is 25.9 Å². The van der Waals surface area contributed by atoms with Crippen molar-refractivity contribution in [2.45, 2.75) is 50.6 Å². The molecule has 28 heavy (non-hydrogen) atoms. The molecule has 0 radical (unpaired) electrons. The van der Waals surface area contributed by atoms with E-state index in [1.54, 1.807) is 35.2 Å². The van der Waals surface area contributed by atoms with Gasteiger partial charge < -0.3 is 15.3 Å². The van der Waals surface area contributed by atoms with Gasteiger partial charge in [0.2, 0.25) is 5.92 Å². The minimum absolute atomic E-state index is 0.156. The molecule has 0 aromatic heterocycles. The molecule has 4 rings (SSSR count). The number of piperidine rings is 1. The van der Waals surface area contributed by atoms with Gasteiger partial charge in [-0.15, -0.1) is 0 Å². The van der Waals surface area contributed by atoms with E-state index in [4.69, 9.17) is 0 Å². The highest BCUT2D eigenvalue weighted by Crippen LogP contribution is 2.49. The zero-order valence-electron chi connectivity index (χ0n) is 16.5. The summed E-state index contributed by atoms with van der Waals surface area (Å²) >= 11 is 0. The van der Waals surface area contributed by atoms with Crippen LogP contribution in [-0.2, 0) is 10.4 Å². The van der Waals surface area contributed by atoms with Crippen LogP contribution in [0.1, 0.15) is 44.6 Å². The largest absolute Gasteiger partial charge is 0.375 e.